The van der Waals surface area contributed by atoms with Gasteiger partial charge in [0.1, 0.15) is 11.6 Å². The number of hydrogen-bond donors (Lipinski definition) is 2. The van der Waals surface area contributed by atoms with Crippen LogP contribution in [0.25, 0.3) is 11.3 Å². The van der Waals surface area contributed by atoms with E-state index in [0.29, 0.717) is 17.1 Å². The van der Waals surface area contributed by atoms with Gasteiger partial charge >= 0.3 is 0 Å². The Kier molecular flexibility index (Phi) is 5.12. The number of anilines is 2. The van der Waals surface area contributed by atoms with E-state index in [1.165, 1.54) is 21.0 Å². The Bertz CT molecular complexity index is 823. The first-order chi connectivity index (χ1) is 11.4. The van der Waals surface area contributed by atoms with Gasteiger partial charge in [-0.05, 0) is 18.2 Å². The fourth-order valence-corrected chi connectivity index (χ4v) is 2.14. The Morgan fingerprint density at radius 3 is 2.25 bits per heavy atom. The Balaban J connectivity index is 2.48. The molecule has 122 valence electrons. The van der Waals surface area contributed by atoms with E-state index in [-0.39, 0.29) is 23.3 Å². The van der Waals surface area contributed by atoms with E-state index in [4.69, 9.17) is 4.74 Å². The Hall–Kier alpha value is -3.40. The second-order valence-corrected chi connectivity index (χ2v) is 4.99. The number of nitriles is 1. The third-order valence-corrected chi connectivity index (χ3v) is 3.10. The van der Waals surface area contributed by atoms with Gasteiger partial charge in [0.15, 0.2) is 0 Å². The molecule has 1 heterocycles. The number of carbonyl (C=O) groups is 2. The fraction of sp³-hybridized carbons (Fsp3) is 0.176. The lowest BCUT2D eigenvalue weighted by atomic mass is 10.1. The Morgan fingerprint density at radius 2 is 1.75 bits per heavy atom. The van der Waals surface area contributed by atoms with E-state index in [1.807, 2.05) is 6.07 Å². The van der Waals surface area contributed by atoms with E-state index >= 15 is 0 Å². The van der Waals surface area contributed by atoms with Crippen LogP contribution in [-0.4, -0.2) is 23.9 Å². The summed E-state index contributed by atoms with van der Waals surface area (Å²) in [6, 6.07) is 10.6. The molecule has 7 nitrogen and oxygen atoms in total. The first kappa shape index (κ1) is 17.0. The molecule has 2 rings (SSSR count). The first-order valence-corrected chi connectivity index (χ1v) is 7.09. The molecular weight excluding hydrogens is 308 g/mol. The number of ether oxygens (including phenoxy) is 1. The van der Waals surface area contributed by atoms with Crippen LogP contribution in [-0.2, 0) is 9.59 Å². The van der Waals surface area contributed by atoms with Gasteiger partial charge < -0.3 is 15.4 Å². The molecule has 1 aromatic carbocycles. The molecule has 0 spiro atoms. The topological polar surface area (TPSA) is 104 Å². The lowest BCUT2D eigenvalue weighted by Gasteiger charge is -2.12. The third-order valence-electron chi connectivity index (χ3n) is 3.10. The summed E-state index contributed by atoms with van der Waals surface area (Å²) in [4.78, 5) is 26.7. The molecule has 0 atom stereocenters. The zero-order valence-corrected chi connectivity index (χ0v) is 13.5. The van der Waals surface area contributed by atoms with E-state index in [1.54, 1.807) is 30.3 Å². The Labute approximate surface area is 139 Å². The van der Waals surface area contributed by atoms with Crippen LogP contribution in [0.2, 0.25) is 0 Å². The van der Waals surface area contributed by atoms with E-state index in [9.17, 15) is 14.9 Å². The van der Waals surface area contributed by atoms with Crippen LogP contribution in [0.1, 0.15) is 19.4 Å². The highest BCUT2D eigenvalue weighted by molar-refractivity contribution is 5.92. The second-order valence-electron chi connectivity index (χ2n) is 4.99. The molecule has 2 N–H and O–H groups in total. The summed E-state index contributed by atoms with van der Waals surface area (Å²) >= 11 is 0. The van der Waals surface area contributed by atoms with Crippen LogP contribution >= 0.6 is 0 Å². The lowest BCUT2D eigenvalue weighted by Crippen LogP contribution is -2.09. The standard InChI is InChI=1S/C17H16N4O3/c1-10(22)19-13-6-4-12(5-7-13)15-8-16(20-11(2)23)14(9-18)17(21-15)24-3/h4-8H,1-3H3,(H,19,22)(H,20,21,23). The van der Waals surface area contributed by atoms with Gasteiger partial charge in [-0.15, -0.1) is 0 Å². The van der Waals surface area contributed by atoms with Gasteiger partial charge in [0.2, 0.25) is 17.7 Å². The SMILES string of the molecule is COc1nc(-c2ccc(NC(C)=O)cc2)cc(NC(C)=O)c1C#N. The fourth-order valence-electron chi connectivity index (χ4n) is 2.14. The number of benzene rings is 1. The van der Waals surface area contributed by atoms with Crippen molar-refractivity contribution < 1.29 is 14.3 Å². The van der Waals surface area contributed by atoms with Crippen molar-refractivity contribution in [1.29, 1.82) is 5.26 Å². The molecule has 24 heavy (non-hydrogen) atoms. The van der Waals surface area contributed by atoms with Gasteiger partial charge in [-0.2, -0.15) is 5.26 Å². The molecule has 0 fully saturated rings. The number of hydrogen-bond acceptors (Lipinski definition) is 5. The van der Waals surface area contributed by atoms with Crippen molar-refractivity contribution in [3.05, 3.63) is 35.9 Å². The number of rotatable bonds is 4. The molecular formula is C17H16N4O3. The molecule has 0 aliphatic rings. The minimum atomic E-state index is -0.299. The maximum Gasteiger partial charge on any atom is 0.234 e. The molecule has 7 heteroatoms. The lowest BCUT2D eigenvalue weighted by molar-refractivity contribution is -0.115. The summed E-state index contributed by atoms with van der Waals surface area (Å²) in [7, 11) is 1.41. The van der Waals surface area contributed by atoms with Gasteiger partial charge in [0.25, 0.3) is 0 Å². The smallest absolute Gasteiger partial charge is 0.234 e. The van der Waals surface area contributed by atoms with Crippen LogP contribution < -0.4 is 15.4 Å². The summed E-state index contributed by atoms with van der Waals surface area (Å²) in [5.41, 5.74) is 2.43. The largest absolute Gasteiger partial charge is 0.480 e. The number of amides is 2. The van der Waals surface area contributed by atoms with Crippen LogP contribution in [0.3, 0.4) is 0 Å². The third kappa shape index (κ3) is 3.87. The van der Waals surface area contributed by atoms with Gasteiger partial charge in [-0.1, -0.05) is 12.1 Å². The molecule has 0 saturated carbocycles. The van der Waals surface area contributed by atoms with Crippen molar-refractivity contribution in [3.8, 4) is 23.2 Å². The average molecular weight is 324 g/mol. The summed E-state index contributed by atoms with van der Waals surface area (Å²) in [5.74, 6) is -0.328. The van der Waals surface area contributed by atoms with Crippen molar-refractivity contribution in [2.24, 2.45) is 0 Å². The van der Waals surface area contributed by atoms with Crippen molar-refractivity contribution in [3.63, 3.8) is 0 Å². The summed E-state index contributed by atoms with van der Waals surface area (Å²) in [6.45, 7) is 2.79. The van der Waals surface area contributed by atoms with Crippen LogP contribution in [0.4, 0.5) is 11.4 Å². The zero-order valence-electron chi connectivity index (χ0n) is 13.5. The number of carbonyl (C=O) groups excluding carboxylic acids is 2. The van der Waals surface area contributed by atoms with E-state index in [2.05, 4.69) is 15.6 Å². The highest BCUT2D eigenvalue weighted by atomic mass is 16.5. The van der Waals surface area contributed by atoms with Crippen LogP contribution in [0.15, 0.2) is 30.3 Å². The maximum atomic E-state index is 11.4. The quantitative estimate of drug-likeness (QED) is 0.899. The van der Waals surface area contributed by atoms with Crippen molar-refractivity contribution in [2.45, 2.75) is 13.8 Å². The zero-order chi connectivity index (χ0) is 17.7. The predicted molar refractivity (Wildman–Crippen MR) is 89.5 cm³/mol. The number of nitrogens with zero attached hydrogens (tertiary/aromatic N) is 2. The second kappa shape index (κ2) is 7.24. The summed E-state index contributed by atoms with van der Waals surface area (Å²) < 4.78 is 5.16. The van der Waals surface area contributed by atoms with Gasteiger partial charge in [-0.3, -0.25) is 9.59 Å². The number of pyridine rings is 1. The summed E-state index contributed by atoms with van der Waals surface area (Å²) in [6.07, 6.45) is 0. The molecule has 0 unspecified atom stereocenters. The molecule has 0 radical (unpaired) electrons. The predicted octanol–water partition coefficient (Wildman–Crippen LogP) is 2.55. The molecule has 0 bridgehead atoms. The van der Waals surface area contributed by atoms with E-state index < -0.39 is 0 Å². The monoisotopic (exact) mass is 324 g/mol. The number of aromatic nitrogens is 1. The van der Waals surface area contributed by atoms with Crippen molar-refractivity contribution in [1.82, 2.24) is 4.98 Å². The Morgan fingerprint density at radius 1 is 1.12 bits per heavy atom. The van der Waals surface area contributed by atoms with Crippen LogP contribution in [0, 0.1) is 11.3 Å². The van der Waals surface area contributed by atoms with Gasteiger partial charge in [0.05, 0.1) is 18.5 Å². The molecule has 1 aromatic heterocycles. The van der Waals surface area contributed by atoms with Gasteiger partial charge in [0, 0.05) is 25.1 Å². The highest BCUT2D eigenvalue weighted by Crippen LogP contribution is 2.30. The summed E-state index contributed by atoms with van der Waals surface area (Å²) in [5, 5.41) is 14.5. The normalized spacial score (nSPS) is 9.75. The molecule has 0 aliphatic heterocycles. The molecule has 0 saturated heterocycles. The first-order valence-electron chi connectivity index (χ1n) is 7.09. The van der Waals surface area contributed by atoms with Gasteiger partial charge in [-0.25, -0.2) is 4.98 Å². The molecule has 0 aliphatic carbocycles. The highest BCUT2D eigenvalue weighted by Gasteiger charge is 2.15. The van der Waals surface area contributed by atoms with E-state index in [0.717, 1.165) is 5.56 Å². The number of methoxy groups -OCH3 is 1. The molecule has 2 amide bonds. The number of nitrogens with one attached hydrogen (secondary N) is 2. The minimum absolute atomic E-state index is 0.129. The van der Waals surface area contributed by atoms with Crippen LogP contribution in [0.5, 0.6) is 5.88 Å². The minimum Gasteiger partial charge on any atom is -0.480 e. The van der Waals surface area contributed by atoms with Crippen molar-refractivity contribution in [2.75, 3.05) is 17.7 Å². The molecule has 2 aromatic rings. The average Bonchev–Trinajstić information content (AvgIpc) is 2.53. The maximum absolute atomic E-state index is 11.4. The van der Waals surface area contributed by atoms with Crippen molar-refractivity contribution >= 4 is 23.2 Å².